The van der Waals surface area contributed by atoms with Crippen LogP contribution >= 0.6 is 0 Å². The van der Waals surface area contributed by atoms with Gasteiger partial charge in [0, 0.05) is 6.92 Å². The van der Waals surface area contributed by atoms with Crippen molar-refractivity contribution in [2.24, 2.45) is 5.92 Å². The lowest BCUT2D eigenvalue weighted by atomic mass is 10.2. The number of hydrogen-bond donors (Lipinski definition) is 0. The number of ether oxygens (including phenoxy) is 1. The minimum absolute atomic E-state index is 0.0556. The number of hydrogen-bond acceptors (Lipinski definition) is 2. The monoisotopic (exact) mass is 154 g/mol. The van der Waals surface area contributed by atoms with Crippen LogP contribution in [0.5, 0.6) is 0 Å². The summed E-state index contributed by atoms with van der Waals surface area (Å²) in [5, 5.41) is 0. The quantitative estimate of drug-likeness (QED) is 0.456. The van der Waals surface area contributed by atoms with Gasteiger partial charge in [0.2, 0.25) is 0 Å². The van der Waals surface area contributed by atoms with Gasteiger partial charge in [-0.15, -0.1) is 0 Å². The molecular formula is C9H14O2. The van der Waals surface area contributed by atoms with Crippen LogP contribution in [0.1, 0.15) is 26.2 Å². The van der Waals surface area contributed by atoms with Crippen molar-refractivity contribution in [3.05, 3.63) is 12.7 Å². The highest BCUT2D eigenvalue weighted by Gasteiger charge is 2.25. The van der Waals surface area contributed by atoms with Crippen LogP contribution in [0.2, 0.25) is 0 Å². The molecule has 1 unspecified atom stereocenters. The number of carbonyl (C=O) groups is 1. The Labute approximate surface area is 67.2 Å². The molecule has 1 rings (SSSR count). The molecule has 2 nitrogen and oxygen atoms in total. The highest BCUT2D eigenvalue weighted by molar-refractivity contribution is 5.66. The molecule has 0 aromatic carbocycles. The van der Waals surface area contributed by atoms with Gasteiger partial charge in [0.05, 0.1) is 0 Å². The first-order valence-electron chi connectivity index (χ1n) is 4.02. The average Bonchev–Trinajstić information content (AvgIpc) is 2.69. The Bertz CT molecular complexity index is 159. The van der Waals surface area contributed by atoms with E-state index in [2.05, 4.69) is 6.58 Å². The summed E-state index contributed by atoms with van der Waals surface area (Å²) in [5.41, 5.74) is 0. The molecule has 0 amide bonds. The van der Waals surface area contributed by atoms with E-state index in [1.807, 2.05) is 0 Å². The molecule has 1 aliphatic rings. The van der Waals surface area contributed by atoms with Crippen molar-refractivity contribution in [3.8, 4) is 0 Å². The second-order valence-electron chi connectivity index (χ2n) is 3.06. The van der Waals surface area contributed by atoms with E-state index in [0.29, 0.717) is 0 Å². The van der Waals surface area contributed by atoms with Crippen molar-refractivity contribution in [3.63, 3.8) is 0 Å². The van der Waals surface area contributed by atoms with E-state index < -0.39 is 0 Å². The molecule has 62 valence electrons. The van der Waals surface area contributed by atoms with Crippen molar-refractivity contribution in [1.82, 2.24) is 0 Å². The summed E-state index contributed by atoms with van der Waals surface area (Å²) in [7, 11) is 0. The first-order valence-corrected chi connectivity index (χ1v) is 4.02. The van der Waals surface area contributed by atoms with Crippen LogP contribution in [0.25, 0.3) is 0 Å². The Morgan fingerprint density at radius 1 is 1.82 bits per heavy atom. The summed E-state index contributed by atoms with van der Waals surface area (Å²) in [5.74, 6) is 0.563. The summed E-state index contributed by atoms with van der Waals surface area (Å²) in [6, 6.07) is 0. The number of esters is 1. The fourth-order valence-electron chi connectivity index (χ4n) is 1.09. The van der Waals surface area contributed by atoms with E-state index in [0.717, 1.165) is 12.3 Å². The normalized spacial score (nSPS) is 19.0. The lowest BCUT2D eigenvalue weighted by molar-refractivity contribution is -0.144. The number of rotatable bonds is 4. The summed E-state index contributed by atoms with van der Waals surface area (Å²) >= 11 is 0. The Hall–Kier alpha value is -0.790. The SMILES string of the molecule is C=CC(CC1CC1)OC(C)=O. The molecule has 0 spiro atoms. The van der Waals surface area contributed by atoms with Crippen molar-refractivity contribution < 1.29 is 9.53 Å². The molecule has 0 aliphatic heterocycles. The van der Waals surface area contributed by atoms with E-state index in [-0.39, 0.29) is 12.1 Å². The fraction of sp³-hybridized carbons (Fsp3) is 0.667. The van der Waals surface area contributed by atoms with E-state index in [1.54, 1.807) is 6.08 Å². The molecule has 1 atom stereocenters. The van der Waals surface area contributed by atoms with Crippen LogP contribution < -0.4 is 0 Å². The van der Waals surface area contributed by atoms with Gasteiger partial charge >= 0.3 is 5.97 Å². The maximum absolute atomic E-state index is 10.5. The smallest absolute Gasteiger partial charge is 0.303 e. The predicted molar refractivity (Wildman–Crippen MR) is 43.1 cm³/mol. The standard InChI is InChI=1S/C9H14O2/c1-3-9(11-7(2)10)6-8-4-5-8/h3,8-9H,1,4-6H2,2H3. The van der Waals surface area contributed by atoms with Gasteiger partial charge in [-0.25, -0.2) is 0 Å². The van der Waals surface area contributed by atoms with Crippen LogP contribution in [0.15, 0.2) is 12.7 Å². The summed E-state index contributed by atoms with van der Waals surface area (Å²) in [6.07, 6.45) is 5.18. The highest BCUT2D eigenvalue weighted by atomic mass is 16.5. The Morgan fingerprint density at radius 2 is 2.45 bits per heavy atom. The van der Waals surface area contributed by atoms with Gasteiger partial charge < -0.3 is 4.74 Å². The Kier molecular flexibility index (Phi) is 2.69. The zero-order valence-corrected chi connectivity index (χ0v) is 6.88. The summed E-state index contributed by atoms with van der Waals surface area (Å²) in [6.45, 7) is 5.05. The minimum Gasteiger partial charge on any atom is -0.458 e. The molecule has 0 bridgehead atoms. The van der Waals surface area contributed by atoms with Crippen molar-refractivity contribution in [2.75, 3.05) is 0 Å². The Balaban J connectivity index is 2.22. The van der Waals surface area contributed by atoms with Gasteiger partial charge in [0.1, 0.15) is 6.10 Å². The maximum atomic E-state index is 10.5. The van der Waals surface area contributed by atoms with Crippen molar-refractivity contribution >= 4 is 5.97 Å². The zero-order valence-electron chi connectivity index (χ0n) is 6.88. The molecular weight excluding hydrogens is 140 g/mol. The van der Waals surface area contributed by atoms with Gasteiger partial charge in [-0.2, -0.15) is 0 Å². The second-order valence-corrected chi connectivity index (χ2v) is 3.06. The van der Waals surface area contributed by atoms with Gasteiger partial charge in [-0.05, 0) is 12.3 Å². The summed E-state index contributed by atoms with van der Waals surface area (Å²) in [4.78, 5) is 10.5. The third-order valence-electron chi connectivity index (χ3n) is 1.84. The van der Waals surface area contributed by atoms with E-state index >= 15 is 0 Å². The van der Waals surface area contributed by atoms with Crippen LogP contribution in [-0.4, -0.2) is 12.1 Å². The van der Waals surface area contributed by atoms with Gasteiger partial charge in [-0.3, -0.25) is 4.79 Å². The number of carbonyl (C=O) groups excluding carboxylic acids is 1. The maximum Gasteiger partial charge on any atom is 0.303 e. The lowest BCUT2D eigenvalue weighted by Crippen LogP contribution is -2.13. The van der Waals surface area contributed by atoms with E-state index in [9.17, 15) is 4.79 Å². The third kappa shape index (κ3) is 3.21. The lowest BCUT2D eigenvalue weighted by Gasteiger charge is -2.10. The Morgan fingerprint density at radius 3 is 2.82 bits per heavy atom. The molecule has 1 fully saturated rings. The molecule has 0 aromatic heterocycles. The van der Waals surface area contributed by atoms with Gasteiger partial charge in [0.15, 0.2) is 0 Å². The first-order chi connectivity index (χ1) is 5.22. The fourth-order valence-corrected chi connectivity index (χ4v) is 1.09. The highest BCUT2D eigenvalue weighted by Crippen LogP contribution is 2.34. The van der Waals surface area contributed by atoms with E-state index in [4.69, 9.17) is 4.74 Å². The first kappa shape index (κ1) is 8.31. The largest absolute Gasteiger partial charge is 0.458 e. The van der Waals surface area contributed by atoms with E-state index in [1.165, 1.54) is 19.8 Å². The zero-order chi connectivity index (χ0) is 8.27. The van der Waals surface area contributed by atoms with Gasteiger partial charge in [-0.1, -0.05) is 25.5 Å². The molecule has 2 heteroatoms. The van der Waals surface area contributed by atoms with Crippen LogP contribution in [0.3, 0.4) is 0 Å². The molecule has 0 N–H and O–H groups in total. The second kappa shape index (κ2) is 3.56. The molecule has 1 aliphatic carbocycles. The molecule has 0 saturated heterocycles. The van der Waals surface area contributed by atoms with Crippen LogP contribution in [-0.2, 0) is 9.53 Å². The molecule has 0 aromatic rings. The predicted octanol–water partition coefficient (Wildman–Crippen LogP) is 1.90. The average molecular weight is 154 g/mol. The van der Waals surface area contributed by atoms with Crippen molar-refractivity contribution in [1.29, 1.82) is 0 Å². The molecule has 11 heavy (non-hydrogen) atoms. The molecule has 1 saturated carbocycles. The third-order valence-corrected chi connectivity index (χ3v) is 1.84. The molecule has 0 radical (unpaired) electrons. The topological polar surface area (TPSA) is 26.3 Å². The molecule has 0 heterocycles. The van der Waals surface area contributed by atoms with Crippen LogP contribution in [0.4, 0.5) is 0 Å². The summed E-state index contributed by atoms with van der Waals surface area (Å²) < 4.78 is 4.99. The minimum atomic E-state index is -0.212. The van der Waals surface area contributed by atoms with Crippen LogP contribution in [0, 0.1) is 5.92 Å². The van der Waals surface area contributed by atoms with Crippen molar-refractivity contribution in [2.45, 2.75) is 32.3 Å². The van der Waals surface area contributed by atoms with Gasteiger partial charge in [0.25, 0.3) is 0 Å².